The van der Waals surface area contributed by atoms with Gasteiger partial charge in [-0.1, -0.05) is 11.8 Å². The molecule has 0 aromatic rings. The standard InChI is InChI=1S/C5H7BrN2OS/c1-10-5-7-2-3(6)4(9)8-5/h9H,2H2,1H3,(H,7,8). The minimum Gasteiger partial charge on any atom is -0.494 e. The molecule has 1 rings (SSSR count). The summed E-state index contributed by atoms with van der Waals surface area (Å²) >= 11 is 4.64. The summed E-state index contributed by atoms with van der Waals surface area (Å²) in [4.78, 5) is 4.08. The third-order valence-corrected chi connectivity index (χ3v) is 2.28. The predicted octanol–water partition coefficient (Wildman–Crippen LogP) is 1.43. The second-order valence-electron chi connectivity index (χ2n) is 1.70. The van der Waals surface area contributed by atoms with Crippen molar-refractivity contribution in [3.63, 3.8) is 0 Å². The highest BCUT2D eigenvalue weighted by atomic mass is 79.9. The first-order chi connectivity index (χ1) is 4.74. The molecule has 0 amide bonds. The highest BCUT2D eigenvalue weighted by molar-refractivity contribution is 9.11. The molecule has 10 heavy (non-hydrogen) atoms. The molecule has 0 bridgehead atoms. The zero-order chi connectivity index (χ0) is 7.56. The first kappa shape index (κ1) is 7.94. The van der Waals surface area contributed by atoms with Crippen LogP contribution in [0.25, 0.3) is 0 Å². The number of halogens is 1. The maximum atomic E-state index is 9.11. The van der Waals surface area contributed by atoms with Crippen molar-refractivity contribution in [2.45, 2.75) is 0 Å². The van der Waals surface area contributed by atoms with Crippen LogP contribution in [0.1, 0.15) is 0 Å². The Labute approximate surface area is 71.7 Å². The Kier molecular flexibility index (Phi) is 2.62. The molecule has 1 heterocycles. The van der Waals surface area contributed by atoms with Crippen LogP contribution in [0, 0.1) is 0 Å². The highest BCUT2D eigenvalue weighted by Gasteiger charge is 2.09. The number of aliphatic hydroxyl groups excluding tert-OH is 1. The van der Waals surface area contributed by atoms with Crippen molar-refractivity contribution in [1.29, 1.82) is 0 Å². The molecule has 2 N–H and O–H groups in total. The Morgan fingerprint density at radius 3 is 3.00 bits per heavy atom. The number of aliphatic imine (C=N–C) groups is 1. The second kappa shape index (κ2) is 3.30. The van der Waals surface area contributed by atoms with Gasteiger partial charge in [0.05, 0.1) is 11.0 Å². The second-order valence-corrected chi connectivity index (χ2v) is 3.46. The molecule has 0 unspecified atom stereocenters. The number of rotatable bonds is 0. The van der Waals surface area contributed by atoms with Crippen LogP contribution in [0.3, 0.4) is 0 Å². The van der Waals surface area contributed by atoms with Gasteiger partial charge in [-0.25, -0.2) is 0 Å². The van der Waals surface area contributed by atoms with E-state index in [1.807, 2.05) is 6.26 Å². The van der Waals surface area contributed by atoms with Crippen molar-refractivity contribution in [2.24, 2.45) is 4.99 Å². The zero-order valence-corrected chi connectivity index (χ0v) is 7.79. The van der Waals surface area contributed by atoms with Gasteiger partial charge < -0.3 is 10.4 Å². The Hall–Kier alpha value is -0.160. The van der Waals surface area contributed by atoms with Crippen LogP contribution >= 0.6 is 27.7 Å². The topological polar surface area (TPSA) is 44.6 Å². The van der Waals surface area contributed by atoms with E-state index in [4.69, 9.17) is 5.11 Å². The van der Waals surface area contributed by atoms with Crippen molar-refractivity contribution >= 4 is 32.9 Å². The molecule has 1 aliphatic heterocycles. The molecule has 1 aliphatic rings. The zero-order valence-electron chi connectivity index (χ0n) is 5.39. The summed E-state index contributed by atoms with van der Waals surface area (Å²) in [5.74, 6) is 0.166. The van der Waals surface area contributed by atoms with Gasteiger partial charge in [0.25, 0.3) is 0 Å². The van der Waals surface area contributed by atoms with E-state index >= 15 is 0 Å². The van der Waals surface area contributed by atoms with Crippen LogP contribution in [0.2, 0.25) is 0 Å². The summed E-state index contributed by atoms with van der Waals surface area (Å²) in [7, 11) is 0. The molecule has 0 aromatic heterocycles. The lowest BCUT2D eigenvalue weighted by Gasteiger charge is -2.12. The molecule has 0 atom stereocenters. The van der Waals surface area contributed by atoms with Gasteiger partial charge in [-0.3, -0.25) is 4.99 Å². The maximum absolute atomic E-state index is 9.11. The molecule has 3 nitrogen and oxygen atoms in total. The first-order valence-corrected chi connectivity index (χ1v) is 4.69. The van der Waals surface area contributed by atoms with Gasteiger partial charge in [0.1, 0.15) is 0 Å². The van der Waals surface area contributed by atoms with Crippen LogP contribution in [0.4, 0.5) is 0 Å². The molecule has 0 saturated carbocycles. The fraction of sp³-hybridized carbons (Fsp3) is 0.400. The van der Waals surface area contributed by atoms with Crippen molar-refractivity contribution < 1.29 is 5.11 Å². The molecular weight excluding hydrogens is 216 g/mol. The molecule has 0 saturated heterocycles. The third kappa shape index (κ3) is 1.67. The molecule has 0 radical (unpaired) electrons. The molecule has 56 valence electrons. The lowest BCUT2D eigenvalue weighted by atomic mass is 10.5. The lowest BCUT2D eigenvalue weighted by Crippen LogP contribution is -2.24. The van der Waals surface area contributed by atoms with E-state index in [1.54, 1.807) is 0 Å². The van der Waals surface area contributed by atoms with Crippen molar-refractivity contribution in [3.8, 4) is 0 Å². The Bertz CT molecular complexity index is 202. The monoisotopic (exact) mass is 222 g/mol. The molecule has 0 fully saturated rings. The number of nitrogens with zero attached hydrogens (tertiary/aromatic N) is 1. The average molecular weight is 223 g/mol. The Balaban J connectivity index is 2.63. The number of hydrogen-bond acceptors (Lipinski definition) is 4. The van der Waals surface area contributed by atoms with Crippen LogP contribution < -0.4 is 5.32 Å². The fourth-order valence-corrected chi connectivity index (χ4v) is 1.16. The quantitative estimate of drug-likeness (QED) is 0.652. The average Bonchev–Trinajstić information content (AvgIpc) is 1.95. The van der Waals surface area contributed by atoms with Crippen LogP contribution in [0.15, 0.2) is 15.4 Å². The minimum absolute atomic E-state index is 0.166. The smallest absolute Gasteiger partial charge is 0.202 e. The predicted molar refractivity (Wildman–Crippen MR) is 47.5 cm³/mol. The van der Waals surface area contributed by atoms with E-state index in [9.17, 15) is 0 Å². The molecule has 0 aromatic carbocycles. The van der Waals surface area contributed by atoms with Gasteiger partial charge in [0.15, 0.2) is 5.17 Å². The van der Waals surface area contributed by atoms with Crippen molar-refractivity contribution in [2.75, 3.05) is 12.8 Å². The minimum atomic E-state index is 0.166. The Morgan fingerprint density at radius 1 is 1.80 bits per heavy atom. The SMILES string of the molecule is CSC1=NCC(Br)=C(O)N1. The van der Waals surface area contributed by atoms with Gasteiger partial charge in [-0.2, -0.15) is 0 Å². The molecule has 5 heteroatoms. The lowest BCUT2D eigenvalue weighted by molar-refractivity contribution is 0.383. The maximum Gasteiger partial charge on any atom is 0.202 e. The van der Waals surface area contributed by atoms with Gasteiger partial charge >= 0.3 is 0 Å². The van der Waals surface area contributed by atoms with Crippen molar-refractivity contribution in [1.82, 2.24) is 5.32 Å². The van der Waals surface area contributed by atoms with Gasteiger partial charge in [0, 0.05) is 0 Å². The summed E-state index contributed by atoms with van der Waals surface area (Å²) < 4.78 is 0.699. The summed E-state index contributed by atoms with van der Waals surface area (Å²) in [6.07, 6.45) is 1.90. The molecular formula is C5H7BrN2OS. The summed E-state index contributed by atoms with van der Waals surface area (Å²) in [5, 5.41) is 12.6. The van der Waals surface area contributed by atoms with Crippen LogP contribution in [-0.2, 0) is 0 Å². The number of hydrogen-bond donors (Lipinski definition) is 2. The third-order valence-electron chi connectivity index (χ3n) is 1.04. The van der Waals surface area contributed by atoms with E-state index in [1.165, 1.54) is 11.8 Å². The van der Waals surface area contributed by atoms with Crippen molar-refractivity contribution in [3.05, 3.63) is 10.4 Å². The fourth-order valence-electron chi connectivity index (χ4n) is 0.540. The molecule has 0 aliphatic carbocycles. The molecule has 0 spiro atoms. The highest BCUT2D eigenvalue weighted by Crippen LogP contribution is 2.14. The summed E-state index contributed by atoms with van der Waals surface area (Å²) in [6, 6.07) is 0. The summed E-state index contributed by atoms with van der Waals surface area (Å²) in [6.45, 7) is 0.523. The first-order valence-electron chi connectivity index (χ1n) is 2.67. The Morgan fingerprint density at radius 2 is 2.50 bits per heavy atom. The van der Waals surface area contributed by atoms with E-state index in [-0.39, 0.29) is 5.88 Å². The van der Waals surface area contributed by atoms with E-state index in [0.717, 1.165) is 5.17 Å². The van der Waals surface area contributed by atoms with Crippen LogP contribution in [0.5, 0.6) is 0 Å². The number of thioether (sulfide) groups is 1. The van der Waals surface area contributed by atoms with Gasteiger partial charge in [0.2, 0.25) is 5.88 Å². The summed E-state index contributed by atoms with van der Waals surface area (Å²) in [5.41, 5.74) is 0. The number of aliphatic hydroxyl groups is 1. The van der Waals surface area contributed by atoms with Gasteiger partial charge in [-0.15, -0.1) is 0 Å². The van der Waals surface area contributed by atoms with E-state index < -0.39 is 0 Å². The van der Waals surface area contributed by atoms with Gasteiger partial charge in [-0.05, 0) is 22.2 Å². The number of amidine groups is 1. The van der Waals surface area contributed by atoms with E-state index in [0.29, 0.717) is 11.0 Å². The normalized spacial score (nSPS) is 18.4. The van der Waals surface area contributed by atoms with Crippen LogP contribution in [-0.4, -0.2) is 23.1 Å². The number of nitrogens with one attached hydrogen (secondary N) is 1. The van der Waals surface area contributed by atoms with E-state index in [2.05, 4.69) is 26.2 Å². The largest absolute Gasteiger partial charge is 0.494 e.